The van der Waals surface area contributed by atoms with Crippen LogP contribution >= 0.6 is 24.0 Å². The molecule has 0 saturated carbocycles. The number of aromatic nitrogens is 2. The highest BCUT2D eigenvalue weighted by molar-refractivity contribution is 14.0. The molecule has 0 aliphatic heterocycles. The van der Waals surface area contributed by atoms with Crippen molar-refractivity contribution >= 4 is 41.0 Å². The molecule has 0 spiro atoms. The van der Waals surface area contributed by atoms with Crippen LogP contribution in [0.4, 0.5) is 0 Å². The molecule has 0 saturated heterocycles. The quantitative estimate of drug-likeness (QED) is 0.324. The molecule has 3 aromatic rings. The van der Waals surface area contributed by atoms with Crippen molar-refractivity contribution in [1.29, 1.82) is 0 Å². The van der Waals surface area contributed by atoms with Gasteiger partial charge in [-0.1, -0.05) is 30.3 Å². The third kappa shape index (κ3) is 4.95. The second kappa shape index (κ2) is 10.3. The molecule has 3 rings (SSSR count). The fraction of sp³-hybridized carbons (Fsp3) is 0.333. The fourth-order valence-electron chi connectivity index (χ4n) is 3.31. The van der Waals surface area contributed by atoms with E-state index in [1.54, 1.807) is 14.2 Å². The Morgan fingerprint density at radius 2 is 1.89 bits per heavy atom. The Balaban J connectivity index is 0.00000280. The summed E-state index contributed by atoms with van der Waals surface area (Å²) in [6.45, 7) is 4.36. The van der Waals surface area contributed by atoms with Crippen LogP contribution in [0, 0.1) is 6.92 Å². The lowest BCUT2D eigenvalue weighted by Crippen LogP contribution is -2.40. The first-order valence-electron chi connectivity index (χ1n) is 9.09. The van der Waals surface area contributed by atoms with Crippen LogP contribution in [0.2, 0.25) is 0 Å². The van der Waals surface area contributed by atoms with Crippen LogP contribution in [-0.4, -0.2) is 48.2 Å². The van der Waals surface area contributed by atoms with E-state index in [1.165, 1.54) is 0 Å². The van der Waals surface area contributed by atoms with Crippen molar-refractivity contribution in [2.24, 2.45) is 4.99 Å². The van der Waals surface area contributed by atoms with Crippen LogP contribution in [0.3, 0.4) is 0 Å². The average molecular weight is 493 g/mol. The standard InChI is InChI=1S/C21H27N5O.HI/c1-16-24-18-10-6-7-11-19(18)26(16)14-13-23-21(22-2)25(3)15-17-9-5-8-12-20(17)27-4;/h5-12H,13-15H2,1-4H3,(H,22,23);1H. The van der Waals surface area contributed by atoms with Crippen molar-refractivity contribution in [3.63, 3.8) is 0 Å². The van der Waals surface area contributed by atoms with E-state index in [0.717, 1.165) is 53.8 Å². The lowest BCUT2D eigenvalue weighted by atomic mass is 10.2. The zero-order valence-electron chi connectivity index (χ0n) is 16.8. The fourth-order valence-corrected chi connectivity index (χ4v) is 3.31. The Labute approximate surface area is 183 Å². The molecule has 0 bridgehead atoms. The van der Waals surface area contributed by atoms with Crippen molar-refractivity contribution in [1.82, 2.24) is 19.8 Å². The van der Waals surface area contributed by atoms with Crippen molar-refractivity contribution in [3.8, 4) is 5.75 Å². The van der Waals surface area contributed by atoms with Crippen molar-refractivity contribution in [2.75, 3.05) is 27.7 Å². The summed E-state index contributed by atoms with van der Waals surface area (Å²) >= 11 is 0. The Bertz CT molecular complexity index is 937. The number of hydrogen-bond acceptors (Lipinski definition) is 3. The number of methoxy groups -OCH3 is 1. The lowest BCUT2D eigenvalue weighted by molar-refractivity contribution is 0.396. The van der Waals surface area contributed by atoms with Gasteiger partial charge < -0.3 is 19.5 Å². The van der Waals surface area contributed by atoms with E-state index in [9.17, 15) is 0 Å². The molecule has 1 aromatic heterocycles. The van der Waals surface area contributed by atoms with Crippen LogP contribution in [-0.2, 0) is 13.1 Å². The summed E-state index contributed by atoms with van der Waals surface area (Å²) in [4.78, 5) is 11.1. The summed E-state index contributed by atoms with van der Waals surface area (Å²) in [6, 6.07) is 16.3. The molecule has 2 aromatic carbocycles. The van der Waals surface area contributed by atoms with Gasteiger partial charge in [0.2, 0.25) is 0 Å². The molecule has 0 fully saturated rings. The molecule has 150 valence electrons. The molecular weight excluding hydrogens is 465 g/mol. The molecule has 0 unspecified atom stereocenters. The molecule has 0 aliphatic carbocycles. The summed E-state index contributed by atoms with van der Waals surface area (Å²) in [5.41, 5.74) is 3.32. The van der Waals surface area contributed by atoms with Crippen molar-refractivity contribution in [3.05, 3.63) is 59.9 Å². The molecule has 28 heavy (non-hydrogen) atoms. The minimum Gasteiger partial charge on any atom is -0.496 e. The summed E-state index contributed by atoms with van der Waals surface area (Å²) < 4.78 is 7.68. The van der Waals surface area contributed by atoms with Crippen molar-refractivity contribution in [2.45, 2.75) is 20.0 Å². The number of aryl methyl sites for hydroxylation is 1. The minimum absolute atomic E-state index is 0. The van der Waals surface area contributed by atoms with E-state index in [0.29, 0.717) is 0 Å². The highest BCUT2D eigenvalue weighted by Gasteiger charge is 2.11. The minimum atomic E-state index is 0. The number of fused-ring (bicyclic) bond motifs is 1. The van der Waals surface area contributed by atoms with Crippen LogP contribution < -0.4 is 10.1 Å². The molecule has 0 aliphatic rings. The topological polar surface area (TPSA) is 54.7 Å². The van der Waals surface area contributed by atoms with Gasteiger partial charge in [-0.2, -0.15) is 0 Å². The van der Waals surface area contributed by atoms with Gasteiger partial charge in [0.25, 0.3) is 0 Å². The number of hydrogen-bond donors (Lipinski definition) is 1. The Morgan fingerprint density at radius 1 is 1.18 bits per heavy atom. The zero-order valence-corrected chi connectivity index (χ0v) is 19.2. The lowest BCUT2D eigenvalue weighted by Gasteiger charge is -2.23. The second-order valence-electron chi connectivity index (χ2n) is 6.44. The number of para-hydroxylation sites is 3. The van der Waals surface area contributed by atoms with Gasteiger partial charge in [-0.15, -0.1) is 24.0 Å². The molecule has 1 N–H and O–H groups in total. The number of imidazole rings is 1. The number of benzene rings is 2. The number of ether oxygens (including phenoxy) is 1. The number of nitrogens with zero attached hydrogens (tertiary/aromatic N) is 4. The molecule has 0 radical (unpaired) electrons. The van der Waals surface area contributed by atoms with Gasteiger partial charge in [0.1, 0.15) is 11.6 Å². The van der Waals surface area contributed by atoms with Crippen LogP contribution in [0.5, 0.6) is 5.75 Å². The highest BCUT2D eigenvalue weighted by Crippen LogP contribution is 2.19. The summed E-state index contributed by atoms with van der Waals surface area (Å²) in [5, 5.41) is 3.44. The summed E-state index contributed by atoms with van der Waals surface area (Å²) in [6.07, 6.45) is 0. The maximum absolute atomic E-state index is 5.45. The van der Waals surface area contributed by atoms with Gasteiger partial charge in [0.05, 0.1) is 18.1 Å². The number of aliphatic imine (C=N–C) groups is 1. The van der Waals surface area contributed by atoms with Crippen LogP contribution in [0.25, 0.3) is 11.0 Å². The van der Waals surface area contributed by atoms with Crippen molar-refractivity contribution < 1.29 is 4.74 Å². The van der Waals surface area contributed by atoms with Crippen LogP contribution in [0.15, 0.2) is 53.5 Å². The first-order chi connectivity index (χ1) is 13.1. The van der Waals surface area contributed by atoms with Gasteiger partial charge in [0, 0.05) is 39.3 Å². The van der Waals surface area contributed by atoms with E-state index >= 15 is 0 Å². The monoisotopic (exact) mass is 493 g/mol. The Kier molecular flexibility index (Phi) is 8.10. The van der Waals surface area contributed by atoms with E-state index in [1.807, 2.05) is 50.4 Å². The second-order valence-corrected chi connectivity index (χ2v) is 6.44. The molecule has 1 heterocycles. The maximum Gasteiger partial charge on any atom is 0.193 e. The largest absolute Gasteiger partial charge is 0.496 e. The summed E-state index contributed by atoms with van der Waals surface area (Å²) in [5.74, 6) is 2.76. The zero-order chi connectivity index (χ0) is 19.2. The SMILES string of the molecule is CN=C(NCCn1c(C)nc2ccccc21)N(C)Cc1ccccc1OC.I. The average Bonchev–Trinajstić information content (AvgIpc) is 3.00. The van der Waals surface area contributed by atoms with Gasteiger partial charge in [-0.05, 0) is 25.1 Å². The third-order valence-corrected chi connectivity index (χ3v) is 4.64. The molecule has 6 nitrogen and oxygen atoms in total. The van der Waals surface area contributed by atoms with Crippen LogP contribution in [0.1, 0.15) is 11.4 Å². The maximum atomic E-state index is 5.45. The number of rotatable bonds is 6. The normalized spacial score (nSPS) is 11.2. The van der Waals surface area contributed by atoms with Gasteiger partial charge >= 0.3 is 0 Å². The van der Waals surface area contributed by atoms with Gasteiger partial charge in [-0.3, -0.25) is 4.99 Å². The smallest absolute Gasteiger partial charge is 0.193 e. The Hall–Kier alpha value is -2.29. The van der Waals surface area contributed by atoms with E-state index in [4.69, 9.17) is 4.74 Å². The Morgan fingerprint density at radius 3 is 2.64 bits per heavy atom. The first-order valence-corrected chi connectivity index (χ1v) is 9.09. The van der Waals surface area contributed by atoms with Gasteiger partial charge in [0.15, 0.2) is 5.96 Å². The molecule has 0 amide bonds. The molecule has 0 atom stereocenters. The van der Waals surface area contributed by atoms with Gasteiger partial charge in [-0.25, -0.2) is 4.98 Å². The number of halogens is 1. The number of guanidine groups is 1. The molecular formula is C21H28IN5O. The third-order valence-electron chi connectivity index (χ3n) is 4.64. The number of nitrogens with one attached hydrogen (secondary N) is 1. The van der Waals surface area contributed by atoms with E-state index in [-0.39, 0.29) is 24.0 Å². The molecule has 7 heteroatoms. The predicted octanol–water partition coefficient (Wildman–Crippen LogP) is 3.68. The highest BCUT2D eigenvalue weighted by atomic mass is 127. The predicted molar refractivity (Wildman–Crippen MR) is 126 cm³/mol. The first kappa shape index (κ1) is 22.0. The summed E-state index contributed by atoms with van der Waals surface area (Å²) in [7, 11) is 5.53. The van der Waals surface area contributed by atoms with E-state index < -0.39 is 0 Å². The van der Waals surface area contributed by atoms with E-state index in [2.05, 4.69) is 36.9 Å².